The Morgan fingerprint density at radius 1 is 1.35 bits per heavy atom. The quantitative estimate of drug-likeness (QED) is 0.883. The normalized spacial score (nSPS) is 20.9. The second kappa shape index (κ2) is 8.23. The zero-order valence-electron chi connectivity index (χ0n) is 12.2. The highest BCUT2D eigenvalue weighted by Crippen LogP contribution is 2.21. The third-order valence-corrected chi connectivity index (χ3v) is 4.50. The van der Waals surface area contributed by atoms with Crippen molar-refractivity contribution in [3.8, 4) is 0 Å². The fourth-order valence-corrected chi connectivity index (χ4v) is 3.33. The third-order valence-electron chi connectivity index (χ3n) is 3.91. The second-order valence-electron chi connectivity index (χ2n) is 5.58. The van der Waals surface area contributed by atoms with E-state index in [-0.39, 0.29) is 0 Å². The largest absolute Gasteiger partial charge is 0.313 e. The van der Waals surface area contributed by atoms with E-state index in [0.717, 1.165) is 31.1 Å². The summed E-state index contributed by atoms with van der Waals surface area (Å²) in [5.41, 5.74) is 1.19. The van der Waals surface area contributed by atoms with Gasteiger partial charge in [0.1, 0.15) is 0 Å². The number of hydrogen-bond acceptors (Lipinski definition) is 2. The van der Waals surface area contributed by atoms with E-state index in [9.17, 15) is 0 Å². The van der Waals surface area contributed by atoms with Crippen molar-refractivity contribution in [1.82, 2.24) is 10.2 Å². The maximum absolute atomic E-state index is 6.24. The summed E-state index contributed by atoms with van der Waals surface area (Å²) in [7, 11) is 0. The molecule has 1 N–H and O–H groups in total. The first-order valence-corrected chi connectivity index (χ1v) is 8.34. The number of benzene rings is 1. The molecule has 1 fully saturated rings. The summed E-state index contributed by atoms with van der Waals surface area (Å²) in [6, 6.07) is 6.45. The summed E-state index contributed by atoms with van der Waals surface area (Å²) >= 11 is 12.2. The van der Waals surface area contributed by atoms with E-state index in [0.29, 0.717) is 11.1 Å². The first-order valence-electron chi connectivity index (χ1n) is 7.58. The minimum Gasteiger partial charge on any atom is -0.313 e. The Morgan fingerprint density at radius 2 is 2.20 bits per heavy atom. The first kappa shape index (κ1) is 16.1. The zero-order chi connectivity index (χ0) is 14.4. The van der Waals surface area contributed by atoms with Crippen molar-refractivity contribution < 1.29 is 0 Å². The molecule has 1 aliphatic rings. The molecule has 1 aromatic carbocycles. The highest BCUT2D eigenvalue weighted by Gasteiger charge is 2.16. The van der Waals surface area contributed by atoms with Gasteiger partial charge in [-0.2, -0.15) is 0 Å². The molecule has 2 rings (SSSR count). The van der Waals surface area contributed by atoms with Gasteiger partial charge in [-0.05, 0) is 50.0 Å². The standard InChI is InChI=1S/C16H24Cl2N2/c1-2-4-15-12-20(9-3-8-19-15)10-7-13-5-6-14(17)11-16(13)18/h5-6,11,15,19H,2-4,7-10,12H2,1H3. The number of rotatable bonds is 5. The average Bonchev–Trinajstić information content (AvgIpc) is 2.63. The van der Waals surface area contributed by atoms with Gasteiger partial charge in [0.2, 0.25) is 0 Å². The molecule has 0 saturated carbocycles. The van der Waals surface area contributed by atoms with Gasteiger partial charge in [0.25, 0.3) is 0 Å². The predicted molar refractivity (Wildman–Crippen MR) is 87.9 cm³/mol. The van der Waals surface area contributed by atoms with E-state index in [2.05, 4.69) is 17.1 Å². The van der Waals surface area contributed by atoms with Crippen LogP contribution in [0.25, 0.3) is 0 Å². The molecule has 1 unspecified atom stereocenters. The smallest absolute Gasteiger partial charge is 0.0453 e. The average molecular weight is 315 g/mol. The molecule has 1 saturated heterocycles. The number of nitrogens with one attached hydrogen (secondary N) is 1. The number of nitrogens with zero attached hydrogens (tertiary/aromatic N) is 1. The Bertz CT molecular complexity index is 423. The molecule has 0 aliphatic carbocycles. The Labute approximate surface area is 132 Å². The predicted octanol–water partition coefficient (Wildman–Crippen LogP) is 4.00. The molecule has 1 heterocycles. The monoisotopic (exact) mass is 314 g/mol. The summed E-state index contributed by atoms with van der Waals surface area (Å²) in [5.74, 6) is 0. The molecular formula is C16H24Cl2N2. The van der Waals surface area contributed by atoms with Crippen LogP contribution in [0.2, 0.25) is 10.0 Å². The van der Waals surface area contributed by atoms with E-state index in [1.54, 1.807) is 0 Å². The molecule has 0 aromatic heterocycles. The Kier molecular flexibility index (Phi) is 6.63. The molecule has 2 nitrogen and oxygen atoms in total. The van der Waals surface area contributed by atoms with Gasteiger partial charge in [-0.25, -0.2) is 0 Å². The minimum absolute atomic E-state index is 0.642. The lowest BCUT2D eigenvalue weighted by Crippen LogP contribution is -2.38. The minimum atomic E-state index is 0.642. The van der Waals surface area contributed by atoms with Gasteiger partial charge in [-0.15, -0.1) is 0 Å². The van der Waals surface area contributed by atoms with Crippen molar-refractivity contribution in [3.63, 3.8) is 0 Å². The SMILES string of the molecule is CCCC1CN(CCc2ccc(Cl)cc2Cl)CCCN1. The highest BCUT2D eigenvalue weighted by atomic mass is 35.5. The zero-order valence-corrected chi connectivity index (χ0v) is 13.7. The lowest BCUT2D eigenvalue weighted by Gasteiger charge is -2.24. The van der Waals surface area contributed by atoms with Crippen LogP contribution in [0, 0.1) is 0 Å². The van der Waals surface area contributed by atoms with Crippen LogP contribution in [0.5, 0.6) is 0 Å². The summed E-state index contributed by atoms with van der Waals surface area (Å²) in [6.45, 7) is 6.80. The molecule has 0 spiro atoms. The van der Waals surface area contributed by atoms with Crippen LogP contribution >= 0.6 is 23.2 Å². The van der Waals surface area contributed by atoms with Crippen molar-refractivity contribution in [2.45, 2.75) is 38.6 Å². The molecule has 4 heteroatoms. The van der Waals surface area contributed by atoms with Crippen LogP contribution in [0.3, 0.4) is 0 Å². The van der Waals surface area contributed by atoms with Crippen molar-refractivity contribution in [1.29, 1.82) is 0 Å². The lowest BCUT2D eigenvalue weighted by atomic mass is 10.1. The first-order chi connectivity index (χ1) is 9.69. The molecule has 0 amide bonds. The van der Waals surface area contributed by atoms with Crippen molar-refractivity contribution >= 4 is 23.2 Å². The molecule has 0 bridgehead atoms. The molecule has 1 atom stereocenters. The Hall–Kier alpha value is -0.280. The van der Waals surface area contributed by atoms with Crippen LogP contribution in [-0.4, -0.2) is 37.1 Å². The molecule has 20 heavy (non-hydrogen) atoms. The van der Waals surface area contributed by atoms with Gasteiger partial charge in [0, 0.05) is 29.2 Å². The Balaban J connectivity index is 1.88. The summed E-state index contributed by atoms with van der Waals surface area (Å²) in [5, 5.41) is 5.14. The van der Waals surface area contributed by atoms with E-state index in [1.807, 2.05) is 18.2 Å². The van der Waals surface area contributed by atoms with Crippen LogP contribution in [0.4, 0.5) is 0 Å². The van der Waals surface area contributed by atoms with E-state index in [4.69, 9.17) is 23.2 Å². The maximum Gasteiger partial charge on any atom is 0.0453 e. The number of hydrogen-bond donors (Lipinski definition) is 1. The third kappa shape index (κ3) is 4.92. The fourth-order valence-electron chi connectivity index (χ4n) is 2.82. The summed E-state index contributed by atoms with van der Waals surface area (Å²) in [4.78, 5) is 2.56. The van der Waals surface area contributed by atoms with Gasteiger partial charge in [-0.3, -0.25) is 0 Å². The summed E-state index contributed by atoms with van der Waals surface area (Å²) < 4.78 is 0. The lowest BCUT2D eigenvalue weighted by molar-refractivity contribution is 0.265. The van der Waals surface area contributed by atoms with E-state index >= 15 is 0 Å². The molecule has 1 aliphatic heterocycles. The van der Waals surface area contributed by atoms with Crippen LogP contribution in [-0.2, 0) is 6.42 Å². The van der Waals surface area contributed by atoms with Crippen molar-refractivity contribution in [2.24, 2.45) is 0 Å². The van der Waals surface area contributed by atoms with Gasteiger partial charge < -0.3 is 10.2 Å². The topological polar surface area (TPSA) is 15.3 Å². The van der Waals surface area contributed by atoms with E-state index in [1.165, 1.54) is 31.4 Å². The highest BCUT2D eigenvalue weighted by molar-refractivity contribution is 6.35. The molecule has 112 valence electrons. The van der Waals surface area contributed by atoms with E-state index < -0.39 is 0 Å². The van der Waals surface area contributed by atoms with Crippen LogP contribution in [0.1, 0.15) is 31.7 Å². The number of halogens is 2. The van der Waals surface area contributed by atoms with Gasteiger partial charge in [-0.1, -0.05) is 42.6 Å². The van der Waals surface area contributed by atoms with Crippen molar-refractivity contribution in [2.75, 3.05) is 26.2 Å². The van der Waals surface area contributed by atoms with Crippen LogP contribution in [0.15, 0.2) is 18.2 Å². The Morgan fingerprint density at radius 3 is 2.95 bits per heavy atom. The van der Waals surface area contributed by atoms with Crippen LogP contribution < -0.4 is 5.32 Å². The van der Waals surface area contributed by atoms with Crippen molar-refractivity contribution in [3.05, 3.63) is 33.8 Å². The van der Waals surface area contributed by atoms with Gasteiger partial charge >= 0.3 is 0 Å². The molecule has 0 radical (unpaired) electrons. The molecular weight excluding hydrogens is 291 g/mol. The molecule has 1 aromatic rings. The van der Waals surface area contributed by atoms with Gasteiger partial charge in [0.05, 0.1) is 0 Å². The summed E-state index contributed by atoms with van der Waals surface area (Å²) in [6.07, 6.45) is 4.73. The maximum atomic E-state index is 6.24. The van der Waals surface area contributed by atoms with Gasteiger partial charge in [0.15, 0.2) is 0 Å². The fraction of sp³-hybridized carbons (Fsp3) is 0.625. The second-order valence-corrected chi connectivity index (χ2v) is 6.42.